The Morgan fingerprint density at radius 3 is 2.67 bits per heavy atom. The van der Waals surface area contributed by atoms with Gasteiger partial charge in [0.1, 0.15) is 0 Å². The first-order valence-corrected chi connectivity index (χ1v) is 7.34. The van der Waals surface area contributed by atoms with Gasteiger partial charge in [-0.1, -0.05) is 13.8 Å². The van der Waals surface area contributed by atoms with Crippen LogP contribution in [0.2, 0.25) is 0 Å². The van der Waals surface area contributed by atoms with Crippen molar-refractivity contribution in [1.29, 1.82) is 0 Å². The van der Waals surface area contributed by atoms with Gasteiger partial charge in [-0.15, -0.1) is 0 Å². The van der Waals surface area contributed by atoms with Crippen LogP contribution in [0.1, 0.15) is 37.2 Å². The first-order chi connectivity index (χ1) is 9.99. The zero-order valence-electron chi connectivity index (χ0n) is 12.7. The summed E-state index contributed by atoms with van der Waals surface area (Å²) in [6, 6.07) is 3.34. The number of hydrogen-bond donors (Lipinski definition) is 1. The number of nitrogens with one attached hydrogen (secondary N) is 1. The molecule has 7 nitrogen and oxygen atoms in total. The summed E-state index contributed by atoms with van der Waals surface area (Å²) in [5, 5.41) is 14.3. The normalized spacial score (nSPS) is 22.3. The van der Waals surface area contributed by atoms with Crippen LogP contribution in [-0.4, -0.2) is 45.5 Å². The van der Waals surface area contributed by atoms with Crippen LogP contribution in [0, 0.1) is 10.1 Å². The van der Waals surface area contributed by atoms with E-state index in [-0.39, 0.29) is 23.8 Å². The molecular weight excluding hydrogens is 272 g/mol. The molecule has 116 valence electrons. The number of piperazine rings is 1. The number of nitro groups is 1. The molecule has 1 saturated heterocycles. The summed E-state index contributed by atoms with van der Waals surface area (Å²) in [5.74, 6) is -0.189. The van der Waals surface area contributed by atoms with Gasteiger partial charge in [-0.2, -0.15) is 0 Å². The van der Waals surface area contributed by atoms with E-state index in [1.165, 1.54) is 16.7 Å². The summed E-state index contributed by atoms with van der Waals surface area (Å²) in [4.78, 5) is 25.0. The monoisotopic (exact) mass is 294 g/mol. The van der Waals surface area contributed by atoms with Crippen LogP contribution in [0.4, 0.5) is 5.82 Å². The van der Waals surface area contributed by atoms with Crippen molar-refractivity contribution < 1.29 is 9.72 Å². The van der Waals surface area contributed by atoms with Crippen molar-refractivity contribution in [3.05, 3.63) is 27.9 Å². The van der Waals surface area contributed by atoms with Crippen LogP contribution in [0.3, 0.4) is 0 Å². The predicted molar refractivity (Wildman–Crippen MR) is 79.3 cm³/mol. The average molecular weight is 294 g/mol. The molecule has 0 aliphatic carbocycles. The van der Waals surface area contributed by atoms with Gasteiger partial charge in [0.25, 0.3) is 5.91 Å². The quantitative estimate of drug-likeness (QED) is 0.674. The van der Waals surface area contributed by atoms with E-state index in [1.807, 2.05) is 11.8 Å². The van der Waals surface area contributed by atoms with Crippen molar-refractivity contribution in [1.82, 2.24) is 14.8 Å². The van der Waals surface area contributed by atoms with Crippen LogP contribution >= 0.6 is 0 Å². The molecule has 2 atom stereocenters. The molecule has 1 fully saturated rings. The molecule has 2 heterocycles. The third-order valence-electron chi connectivity index (χ3n) is 4.23. The van der Waals surface area contributed by atoms with Crippen molar-refractivity contribution in [3.63, 3.8) is 0 Å². The van der Waals surface area contributed by atoms with E-state index in [2.05, 4.69) is 12.2 Å². The van der Waals surface area contributed by atoms with Crippen molar-refractivity contribution in [2.45, 2.75) is 38.8 Å². The highest BCUT2D eigenvalue weighted by molar-refractivity contribution is 5.93. The number of nitrogens with zero attached hydrogens (tertiary/aromatic N) is 3. The van der Waals surface area contributed by atoms with Crippen LogP contribution in [-0.2, 0) is 7.05 Å². The van der Waals surface area contributed by atoms with Crippen molar-refractivity contribution in [2.24, 2.45) is 7.05 Å². The minimum absolute atomic E-state index is 0.0615. The summed E-state index contributed by atoms with van der Waals surface area (Å²) in [5.41, 5.74) is 0.372. The molecule has 0 aromatic carbocycles. The molecule has 0 spiro atoms. The van der Waals surface area contributed by atoms with Crippen LogP contribution in [0.25, 0.3) is 0 Å². The van der Waals surface area contributed by atoms with E-state index >= 15 is 0 Å². The van der Waals surface area contributed by atoms with Gasteiger partial charge in [0.15, 0.2) is 5.69 Å². The van der Waals surface area contributed by atoms with Gasteiger partial charge >= 0.3 is 5.82 Å². The van der Waals surface area contributed by atoms with Crippen LogP contribution in [0.5, 0.6) is 0 Å². The summed E-state index contributed by atoms with van der Waals surface area (Å²) < 4.78 is 1.36. The Bertz CT molecular complexity index is 540. The molecule has 21 heavy (non-hydrogen) atoms. The third kappa shape index (κ3) is 2.92. The van der Waals surface area contributed by atoms with E-state index in [0.29, 0.717) is 12.2 Å². The molecule has 0 bridgehead atoms. The molecule has 2 rings (SSSR count). The number of carbonyl (C=O) groups excluding carboxylic acids is 1. The second kappa shape index (κ2) is 6.26. The fourth-order valence-electron chi connectivity index (χ4n) is 2.80. The Hall–Kier alpha value is -1.89. The minimum Gasteiger partial charge on any atom is -0.358 e. The topological polar surface area (TPSA) is 80.4 Å². The van der Waals surface area contributed by atoms with E-state index in [4.69, 9.17) is 0 Å². The molecule has 7 heteroatoms. The zero-order chi connectivity index (χ0) is 15.6. The third-order valence-corrected chi connectivity index (χ3v) is 4.23. The summed E-state index contributed by atoms with van der Waals surface area (Å²) in [6.07, 6.45) is 1.81. The van der Waals surface area contributed by atoms with Gasteiger partial charge in [-0.3, -0.25) is 4.79 Å². The number of amides is 1. The average Bonchev–Trinajstić information content (AvgIpc) is 2.87. The summed E-state index contributed by atoms with van der Waals surface area (Å²) in [6.45, 7) is 5.55. The highest BCUT2D eigenvalue weighted by Gasteiger charge is 2.33. The fourth-order valence-corrected chi connectivity index (χ4v) is 2.80. The highest BCUT2D eigenvalue weighted by atomic mass is 16.6. The van der Waals surface area contributed by atoms with E-state index in [9.17, 15) is 14.9 Å². The SMILES string of the molecule is CCC1CN(C(=O)c2ccc([N+](=O)[O-])n2C)C(CC)CN1. The Morgan fingerprint density at radius 2 is 2.14 bits per heavy atom. The van der Waals surface area contributed by atoms with E-state index in [1.54, 1.807) is 7.05 Å². The Balaban J connectivity index is 2.26. The van der Waals surface area contributed by atoms with Crippen molar-refractivity contribution in [3.8, 4) is 0 Å². The van der Waals surface area contributed by atoms with Gasteiger partial charge in [0, 0.05) is 31.2 Å². The van der Waals surface area contributed by atoms with E-state index in [0.717, 1.165) is 19.4 Å². The first kappa shape index (κ1) is 15.5. The molecule has 1 aliphatic rings. The maximum absolute atomic E-state index is 12.7. The largest absolute Gasteiger partial charge is 0.358 e. The molecule has 1 amide bonds. The predicted octanol–water partition coefficient (Wildman–Crippen LogP) is 1.54. The molecule has 2 unspecified atom stereocenters. The van der Waals surface area contributed by atoms with Crippen molar-refractivity contribution in [2.75, 3.05) is 13.1 Å². The maximum atomic E-state index is 12.7. The Labute approximate surface area is 124 Å². The minimum atomic E-state index is -0.472. The zero-order valence-corrected chi connectivity index (χ0v) is 12.7. The fraction of sp³-hybridized carbons (Fsp3) is 0.643. The standard InChI is InChI=1S/C14H22N4O3/c1-4-10-9-17(11(5-2)8-15-10)14(19)12-6-7-13(16(12)3)18(20)21/h6-7,10-11,15H,4-5,8-9H2,1-3H3. The summed E-state index contributed by atoms with van der Waals surface area (Å²) >= 11 is 0. The molecule has 1 N–H and O–H groups in total. The number of carbonyl (C=O) groups is 1. The highest BCUT2D eigenvalue weighted by Crippen LogP contribution is 2.20. The van der Waals surface area contributed by atoms with Gasteiger partial charge < -0.3 is 20.3 Å². The second-order valence-electron chi connectivity index (χ2n) is 5.43. The van der Waals surface area contributed by atoms with Gasteiger partial charge in [0.05, 0.1) is 7.05 Å². The number of aromatic nitrogens is 1. The first-order valence-electron chi connectivity index (χ1n) is 7.34. The molecule has 0 saturated carbocycles. The van der Waals surface area contributed by atoms with Gasteiger partial charge in [-0.25, -0.2) is 4.57 Å². The van der Waals surface area contributed by atoms with E-state index < -0.39 is 4.92 Å². The maximum Gasteiger partial charge on any atom is 0.323 e. The van der Waals surface area contributed by atoms with Gasteiger partial charge in [0.2, 0.25) is 0 Å². The lowest BCUT2D eigenvalue weighted by molar-refractivity contribution is -0.391. The van der Waals surface area contributed by atoms with Crippen LogP contribution < -0.4 is 5.32 Å². The number of hydrogen-bond acceptors (Lipinski definition) is 4. The molecule has 1 aromatic rings. The lowest BCUT2D eigenvalue weighted by Gasteiger charge is -2.39. The molecule has 0 radical (unpaired) electrons. The molecule has 1 aromatic heterocycles. The second-order valence-corrected chi connectivity index (χ2v) is 5.43. The molecule has 1 aliphatic heterocycles. The van der Waals surface area contributed by atoms with Crippen molar-refractivity contribution >= 4 is 11.7 Å². The summed E-state index contributed by atoms with van der Waals surface area (Å²) in [7, 11) is 1.56. The van der Waals surface area contributed by atoms with Crippen LogP contribution in [0.15, 0.2) is 12.1 Å². The molecular formula is C14H22N4O3. The smallest absolute Gasteiger partial charge is 0.323 e. The lowest BCUT2D eigenvalue weighted by atomic mass is 10.0. The lowest BCUT2D eigenvalue weighted by Crippen LogP contribution is -2.58. The van der Waals surface area contributed by atoms with Gasteiger partial charge in [-0.05, 0) is 23.8 Å². The Kier molecular flexibility index (Phi) is 4.62. The Morgan fingerprint density at radius 1 is 1.43 bits per heavy atom. The number of rotatable bonds is 4.